The van der Waals surface area contributed by atoms with E-state index in [-0.39, 0.29) is 0 Å². The zero-order valence-electron chi connectivity index (χ0n) is 25.6. The highest BCUT2D eigenvalue weighted by Crippen LogP contribution is 2.43. The lowest BCUT2D eigenvalue weighted by molar-refractivity contribution is 0.620. The molecule has 4 nitrogen and oxygen atoms in total. The van der Waals surface area contributed by atoms with Gasteiger partial charge in [0.25, 0.3) is 0 Å². The molecule has 0 aliphatic heterocycles. The van der Waals surface area contributed by atoms with Gasteiger partial charge in [0.1, 0.15) is 16.7 Å². The molecule has 3 heterocycles. The Hall–Kier alpha value is -6.17. The molecular weight excluding hydrogens is 609 g/mol. The van der Waals surface area contributed by atoms with Crippen LogP contribution in [0.15, 0.2) is 167 Å². The Morgan fingerprint density at radius 1 is 0.417 bits per heavy atom. The summed E-state index contributed by atoms with van der Waals surface area (Å²) in [5.41, 5.74) is 9.91. The van der Waals surface area contributed by atoms with Crippen molar-refractivity contribution in [3.63, 3.8) is 0 Å². The number of para-hydroxylation sites is 1. The minimum atomic E-state index is 0.638. The van der Waals surface area contributed by atoms with Crippen LogP contribution in [-0.2, 0) is 0 Å². The molecule has 0 amide bonds. The van der Waals surface area contributed by atoms with Gasteiger partial charge in [0.05, 0.1) is 0 Å². The van der Waals surface area contributed by atoms with Gasteiger partial charge in [-0.2, -0.15) is 0 Å². The monoisotopic (exact) mass is 634 g/mol. The summed E-state index contributed by atoms with van der Waals surface area (Å²) >= 11 is 1.78. The lowest BCUT2D eigenvalue weighted by Gasteiger charge is -2.26. The van der Waals surface area contributed by atoms with Gasteiger partial charge in [-0.05, 0) is 83.9 Å². The molecule has 48 heavy (non-hydrogen) atoms. The molecule has 7 aromatic carbocycles. The summed E-state index contributed by atoms with van der Waals surface area (Å²) in [4.78, 5) is 7.13. The normalized spacial score (nSPS) is 11.8. The van der Waals surface area contributed by atoms with Crippen LogP contribution in [0.3, 0.4) is 0 Å². The molecule has 0 atom stereocenters. The van der Waals surface area contributed by atoms with Crippen molar-refractivity contribution in [2.45, 2.75) is 0 Å². The maximum atomic E-state index is 6.34. The average molecular weight is 635 g/mol. The van der Waals surface area contributed by atoms with Crippen molar-refractivity contribution < 1.29 is 8.83 Å². The van der Waals surface area contributed by atoms with Gasteiger partial charge in [-0.1, -0.05) is 78.9 Å². The van der Waals surface area contributed by atoms with Gasteiger partial charge in [-0.3, -0.25) is 0 Å². The Morgan fingerprint density at radius 2 is 1.06 bits per heavy atom. The van der Waals surface area contributed by atoms with Crippen molar-refractivity contribution >= 4 is 81.6 Å². The van der Waals surface area contributed by atoms with Crippen LogP contribution >= 0.6 is 11.3 Å². The largest absolute Gasteiger partial charge is 0.456 e. The van der Waals surface area contributed by atoms with Crippen LogP contribution in [0.4, 0.5) is 17.1 Å². The van der Waals surface area contributed by atoms with Crippen molar-refractivity contribution in [1.29, 1.82) is 0 Å². The van der Waals surface area contributed by atoms with Crippen LogP contribution in [0, 0.1) is 0 Å². The highest BCUT2D eigenvalue weighted by atomic mass is 32.1. The molecule has 0 N–H and O–H groups in total. The second-order valence-electron chi connectivity index (χ2n) is 12.0. The van der Waals surface area contributed by atoms with Crippen LogP contribution < -0.4 is 4.90 Å². The maximum Gasteiger partial charge on any atom is 0.227 e. The van der Waals surface area contributed by atoms with Crippen LogP contribution in [-0.4, -0.2) is 4.98 Å². The number of rotatable bonds is 5. The standard InChI is InChI=1S/C43H26N2O2S/c1-3-9-27(10-4-1)28-15-17-30(18-16-28)45(32-19-21-34-33-13-7-8-14-38(33)46-39(34)24-32)31-20-22-41-35(23-31)36-25-40-37(26-42(36)48-41)44-43(47-40)29-11-5-2-6-12-29/h1-26H. The molecule has 0 saturated carbocycles. The van der Waals surface area contributed by atoms with Crippen molar-refractivity contribution in [3.8, 4) is 22.6 Å². The predicted octanol–water partition coefficient (Wildman–Crippen LogP) is 12.9. The van der Waals surface area contributed by atoms with E-state index in [9.17, 15) is 0 Å². The van der Waals surface area contributed by atoms with Crippen LogP contribution in [0.5, 0.6) is 0 Å². The Morgan fingerprint density at radius 3 is 1.90 bits per heavy atom. The molecular formula is C43H26N2O2S. The maximum absolute atomic E-state index is 6.34. The summed E-state index contributed by atoms with van der Waals surface area (Å²) in [5, 5.41) is 4.58. The van der Waals surface area contributed by atoms with E-state index in [0.717, 1.165) is 61.1 Å². The molecule has 0 fully saturated rings. The molecule has 10 aromatic rings. The first-order chi connectivity index (χ1) is 23.7. The molecule has 0 saturated heterocycles. The van der Waals surface area contributed by atoms with Gasteiger partial charge >= 0.3 is 0 Å². The number of fused-ring (bicyclic) bond motifs is 7. The van der Waals surface area contributed by atoms with E-state index in [1.807, 2.05) is 48.5 Å². The van der Waals surface area contributed by atoms with Crippen LogP contribution in [0.25, 0.3) is 75.8 Å². The minimum Gasteiger partial charge on any atom is -0.456 e. The topological polar surface area (TPSA) is 42.4 Å². The van der Waals surface area contributed by atoms with Crippen LogP contribution in [0.1, 0.15) is 0 Å². The molecule has 0 spiro atoms. The summed E-state index contributed by atoms with van der Waals surface area (Å²) in [6, 6.07) is 55.1. The zero-order chi connectivity index (χ0) is 31.6. The Labute approximate surface area is 279 Å². The number of oxazole rings is 1. The third-order valence-corrected chi connectivity index (χ3v) is 10.2. The highest BCUT2D eigenvalue weighted by molar-refractivity contribution is 7.25. The molecule has 0 aliphatic rings. The first kappa shape index (κ1) is 27.0. The Balaban J connectivity index is 1.14. The average Bonchev–Trinajstić information content (AvgIpc) is 3.84. The third-order valence-electron chi connectivity index (χ3n) is 9.10. The molecule has 10 rings (SSSR count). The summed E-state index contributed by atoms with van der Waals surface area (Å²) < 4.78 is 15.0. The zero-order valence-corrected chi connectivity index (χ0v) is 26.4. The number of thiophene rings is 1. The van der Waals surface area contributed by atoms with Gasteiger partial charge in [0, 0.05) is 59.6 Å². The number of furan rings is 1. The fourth-order valence-electron chi connectivity index (χ4n) is 6.76. The van der Waals surface area contributed by atoms with Gasteiger partial charge in [-0.25, -0.2) is 4.98 Å². The number of anilines is 3. The number of hydrogen-bond acceptors (Lipinski definition) is 5. The summed E-state index contributed by atoms with van der Waals surface area (Å²) in [6.45, 7) is 0. The lowest BCUT2D eigenvalue weighted by atomic mass is 10.0. The quantitative estimate of drug-likeness (QED) is 0.189. The van der Waals surface area contributed by atoms with E-state index < -0.39 is 0 Å². The van der Waals surface area contributed by atoms with Gasteiger partial charge in [0.2, 0.25) is 5.89 Å². The first-order valence-electron chi connectivity index (χ1n) is 15.9. The van der Waals surface area contributed by atoms with E-state index in [1.165, 1.54) is 25.9 Å². The van der Waals surface area contributed by atoms with Crippen LogP contribution in [0.2, 0.25) is 0 Å². The van der Waals surface area contributed by atoms with E-state index in [2.05, 4.69) is 114 Å². The fraction of sp³-hybridized carbons (Fsp3) is 0. The number of aromatic nitrogens is 1. The smallest absolute Gasteiger partial charge is 0.227 e. The SMILES string of the molecule is c1ccc(-c2ccc(N(c3ccc4c(c3)oc3ccccc34)c3ccc4sc5cc6nc(-c7ccccc7)oc6cc5c4c3)cc2)cc1. The second-order valence-corrected chi connectivity index (χ2v) is 13.1. The second kappa shape index (κ2) is 10.7. The molecule has 226 valence electrons. The van der Waals surface area contributed by atoms with Crippen molar-refractivity contribution in [1.82, 2.24) is 4.98 Å². The molecule has 0 radical (unpaired) electrons. The molecule has 0 bridgehead atoms. The Bertz CT molecular complexity index is 2780. The number of nitrogens with zero attached hydrogens (tertiary/aromatic N) is 2. The number of hydrogen-bond donors (Lipinski definition) is 0. The van der Waals surface area contributed by atoms with E-state index in [4.69, 9.17) is 13.8 Å². The summed E-state index contributed by atoms with van der Waals surface area (Å²) in [6.07, 6.45) is 0. The molecule has 3 aromatic heterocycles. The van der Waals surface area contributed by atoms with Gasteiger partial charge in [-0.15, -0.1) is 11.3 Å². The van der Waals surface area contributed by atoms with Crippen molar-refractivity contribution in [3.05, 3.63) is 158 Å². The Kier molecular flexibility index (Phi) is 6.01. The lowest BCUT2D eigenvalue weighted by Crippen LogP contribution is -2.09. The first-order valence-corrected chi connectivity index (χ1v) is 16.8. The van der Waals surface area contributed by atoms with E-state index >= 15 is 0 Å². The molecule has 0 aliphatic carbocycles. The molecule has 0 unspecified atom stereocenters. The van der Waals surface area contributed by atoms with Crippen molar-refractivity contribution in [2.75, 3.05) is 4.90 Å². The van der Waals surface area contributed by atoms with Gasteiger partial charge < -0.3 is 13.7 Å². The fourth-order valence-corrected chi connectivity index (χ4v) is 7.86. The number of benzene rings is 7. The highest BCUT2D eigenvalue weighted by Gasteiger charge is 2.18. The summed E-state index contributed by atoms with van der Waals surface area (Å²) in [5.74, 6) is 0.638. The minimum absolute atomic E-state index is 0.638. The summed E-state index contributed by atoms with van der Waals surface area (Å²) in [7, 11) is 0. The van der Waals surface area contributed by atoms with Crippen molar-refractivity contribution in [2.24, 2.45) is 0 Å². The molecule has 5 heteroatoms. The van der Waals surface area contributed by atoms with E-state index in [1.54, 1.807) is 11.3 Å². The van der Waals surface area contributed by atoms with E-state index in [0.29, 0.717) is 5.89 Å². The third kappa shape index (κ3) is 4.40. The predicted molar refractivity (Wildman–Crippen MR) is 200 cm³/mol. The van der Waals surface area contributed by atoms with Gasteiger partial charge in [0.15, 0.2) is 5.58 Å².